The quantitative estimate of drug-likeness (QED) is 0.583. The first kappa shape index (κ1) is 13.4. The molecule has 1 amide bonds. The van der Waals surface area contributed by atoms with Crippen molar-refractivity contribution in [1.29, 1.82) is 0 Å². The Balaban J connectivity index is 4.03. The number of nitrogens with two attached hydrogens (primary N) is 1. The van der Waals surface area contributed by atoms with E-state index in [1.807, 2.05) is 20.8 Å². The van der Waals surface area contributed by atoms with Gasteiger partial charge in [0.2, 0.25) is 5.91 Å². The second kappa shape index (κ2) is 5.98. The Bertz CT molecular complexity index is 181. The van der Waals surface area contributed by atoms with Crippen molar-refractivity contribution in [2.45, 2.75) is 51.6 Å². The SMILES string of the molecule is CCC[C@H](N)C(=O)NC(C)(C)CCO. The summed E-state index contributed by atoms with van der Waals surface area (Å²) >= 11 is 0. The lowest BCUT2D eigenvalue weighted by Gasteiger charge is -2.27. The third kappa shape index (κ3) is 5.19. The second-order valence-electron chi connectivity index (χ2n) is 4.24. The van der Waals surface area contributed by atoms with E-state index in [-0.39, 0.29) is 18.1 Å². The van der Waals surface area contributed by atoms with Crippen LogP contribution in [0.15, 0.2) is 0 Å². The highest BCUT2D eigenvalue weighted by Gasteiger charge is 2.22. The van der Waals surface area contributed by atoms with Gasteiger partial charge in [0.1, 0.15) is 0 Å². The summed E-state index contributed by atoms with van der Waals surface area (Å²) in [6, 6.07) is -0.432. The van der Waals surface area contributed by atoms with Gasteiger partial charge in [-0.3, -0.25) is 4.79 Å². The Morgan fingerprint density at radius 3 is 2.57 bits per heavy atom. The van der Waals surface area contributed by atoms with Crippen LogP contribution in [0.4, 0.5) is 0 Å². The smallest absolute Gasteiger partial charge is 0.237 e. The topological polar surface area (TPSA) is 75.4 Å². The summed E-state index contributed by atoms with van der Waals surface area (Å²) in [6.07, 6.45) is 2.13. The highest BCUT2D eigenvalue weighted by Crippen LogP contribution is 2.07. The number of hydrogen-bond donors (Lipinski definition) is 3. The number of hydrogen-bond acceptors (Lipinski definition) is 3. The lowest BCUT2D eigenvalue weighted by atomic mass is 10.0. The van der Waals surface area contributed by atoms with Crippen LogP contribution in [0.25, 0.3) is 0 Å². The summed E-state index contributed by atoms with van der Waals surface area (Å²) < 4.78 is 0. The van der Waals surface area contributed by atoms with Gasteiger partial charge >= 0.3 is 0 Å². The predicted octanol–water partition coefficient (Wildman–Crippen LogP) is 0.391. The summed E-state index contributed by atoms with van der Waals surface area (Å²) in [7, 11) is 0. The van der Waals surface area contributed by atoms with E-state index in [9.17, 15) is 4.79 Å². The first-order valence-corrected chi connectivity index (χ1v) is 5.11. The van der Waals surface area contributed by atoms with E-state index in [0.717, 1.165) is 6.42 Å². The highest BCUT2D eigenvalue weighted by molar-refractivity contribution is 5.82. The fourth-order valence-corrected chi connectivity index (χ4v) is 1.21. The third-order valence-electron chi connectivity index (χ3n) is 2.13. The Kier molecular flexibility index (Phi) is 5.72. The molecule has 0 unspecified atom stereocenters. The van der Waals surface area contributed by atoms with E-state index in [0.29, 0.717) is 12.8 Å². The number of carbonyl (C=O) groups excluding carboxylic acids is 1. The molecule has 0 saturated heterocycles. The standard InChI is InChI=1S/C10H22N2O2/c1-4-5-8(11)9(14)12-10(2,3)6-7-13/h8,13H,4-7,11H2,1-3H3,(H,12,14)/t8-/m0/s1. The molecule has 1 atom stereocenters. The fraction of sp³-hybridized carbons (Fsp3) is 0.900. The van der Waals surface area contributed by atoms with Gasteiger partial charge < -0.3 is 16.2 Å². The molecule has 4 N–H and O–H groups in total. The molecule has 0 aromatic rings. The molecular weight excluding hydrogens is 180 g/mol. The number of carbonyl (C=O) groups is 1. The van der Waals surface area contributed by atoms with Crippen molar-refractivity contribution in [2.75, 3.05) is 6.61 Å². The maximum atomic E-state index is 11.5. The van der Waals surface area contributed by atoms with Gasteiger partial charge in [0.05, 0.1) is 6.04 Å². The van der Waals surface area contributed by atoms with Crippen molar-refractivity contribution in [3.8, 4) is 0 Å². The molecule has 4 nitrogen and oxygen atoms in total. The molecule has 0 radical (unpaired) electrons. The Hall–Kier alpha value is -0.610. The number of rotatable bonds is 6. The minimum Gasteiger partial charge on any atom is -0.396 e. The monoisotopic (exact) mass is 202 g/mol. The Morgan fingerprint density at radius 1 is 1.57 bits per heavy atom. The van der Waals surface area contributed by atoms with Crippen molar-refractivity contribution < 1.29 is 9.90 Å². The minimum atomic E-state index is -0.432. The maximum Gasteiger partial charge on any atom is 0.237 e. The van der Waals surface area contributed by atoms with E-state index in [1.165, 1.54) is 0 Å². The van der Waals surface area contributed by atoms with Gasteiger partial charge in [-0.05, 0) is 26.7 Å². The van der Waals surface area contributed by atoms with Crippen LogP contribution >= 0.6 is 0 Å². The Morgan fingerprint density at radius 2 is 2.14 bits per heavy atom. The van der Waals surface area contributed by atoms with Crippen molar-refractivity contribution in [1.82, 2.24) is 5.32 Å². The summed E-state index contributed by atoms with van der Waals surface area (Å²) in [4.78, 5) is 11.5. The van der Waals surface area contributed by atoms with Crippen molar-refractivity contribution in [3.63, 3.8) is 0 Å². The van der Waals surface area contributed by atoms with Gasteiger partial charge in [-0.2, -0.15) is 0 Å². The van der Waals surface area contributed by atoms with Crippen LogP contribution in [0.2, 0.25) is 0 Å². The van der Waals surface area contributed by atoms with Crippen molar-refractivity contribution in [3.05, 3.63) is 0 Å². The zero-order valence-electron chi connectivity index (χ0n) is 9.34. The summed E-state index contributed by atoms with van der Waals surface area (Å²) in [5.41, 5.74) is 5.28. The molecule has 0 aromatic carbocycles. The fourth-order valence-electron chi connectivity index (χ4n) is 1.21. The molecule has 0 spiro atoms. The molecule has 0 aromatic heterocycles. The van der Waals surface area contributed by atoms with Crippen molar-refractivity contribution >= 4 is 5.91 Å². The average Bonchev–Trinajstić information content (AvgIpc) is 2.03. The third-order valence-corrected chi connectivity index (χ3v) is 2.13. The number of aliphatic hydroxyl groups is 1. The van der Waals surface area contributed by atoms with Gasteiger partial charge in [-0.1, -0.05) is 13.3 Å². The highest BCUT2D eigenvalue weighted by atomic mass is 16.3. The molecule has 0 aliphatic heterocycles. The zero-order chi connectivity index (χ0) is 11.2. The Labute approximate surface area is 85.9 Å². The minimum absolute atomic E-state index is 0.0658. The molecule has 0 aliphatic carbocycles. The molecule has 0 rings (SSSR count). The lowest BCUT2D eigenvalue weighted by Crippen LogP contribution is -2.50. The summed E-state index contributed by atoms with van der Waals surface area (Å²) in [5.74, 6) is -0.134. The first-order chi connectivity index (χ1) is 6.43. The summed E-state index contributed by atoms with van der Waals surface area (Å²) in [6.45, 7) is 5.81. The van der Waals surface area contributed by atoms with E-state index in [1.54, 1.807) is 0 Å². The average molecular weight is 202 g/mol. The molecule has 0 fully saturated rings. The predicted molar refractivity (Wildman–Crippen MR) is 56.8 cm³/mol. The lowest BCUT2D eigenvalue weighted by molar-refractivity contribution is -0.124. The van der Waals surface area contributed by atoms with Crippen LogP contribution in [-0.2, 0) is 4.79 Å². The van der Waals surface area contributed by atoms with Crippen molar-refractivity contribution in [2.24, 2.45) is 5.73 Å². The van der Waals surface area contributed by atoms with Gasteiger partial charge in [-0.15, -0.1) is 0 Å². The molecule has 0 saturated carbocycles. The van der Waals surface area contributed by atoms with Crippen LogP contribution in [-0.4, -0.2) is 29.2 Å². The van der Waals surface area contributed by atoms with Gasteiger partial charge in [0.25, 0.3) is 0 Å². The summed E-state index contributed by atoms with van der Waals surface area (Å²) in [5, 5.41) is 11.6. The number of aliphatic hydroxyl groups excluding tert-OH is 1. The van der Waals surface area contributed by atoms with Crippen LogP contribution < -0.4 is 11.1 Å². The largest absolute Gasteiger partial charge is 0.396 e. The van der Waals surface area contributed by atoms with E-state index in [2.05, 4.69) is 5.32 Å². The zero-order valence-corrected chi connectivity index (χ0v) is 9.34. The van der Waals surface area contributed by atoms with Crippen LogP contribution in [0, 0.1) is 0 Å². The molecule has 14 heavy (non-hydrogen) atoms. The number of nitrogens with one attached hydrogen (secondary N) is 1. The molecule has 4 heteroatoms. The number of amides is 1. The molecule has 84 valence electrons. The second-order valence-corrected chi connectivity index (χ2v) is 4.24. The van der Waals surface area contributed by atoms with Crippen LogP contribution in [0.3, 0.4) is 0 Å². The van der Waals surface area contributed by atoms with Crippen LogP contribution in [0.1, 0.15) is 40.0 Å². The maximum absolute atomic E-state index is 11.5. The normalized spacial score (nSPS) is 13.8. The van der Waals surface area contributed by atoms with E-state index >= 15 is 0 Å². The van der Waals surface area contributed by atoms with Gasteiger partial charge in [0.15, 0.2) is 0 Å². The molecule has 0 heterocycles. The molecular formula is C10H22N2O2. The van der Waals surface area contributed by atoms with Crippen LogP contribution in [0.5, 0.6) is 0 Å². The molecule has 0 bridgehead atoms. The van der Waals surface area contributed by atoms with E-state index in [4.69, 9.17) is 10.8 Å². The van der Waals surface area contributed by atoms with E-state index < -0.39 is 6.04 Å². The molecule has 0 aliphatic rings. The van der Waals surface area contributed by atoms with Gasteiger partial charge in [-0.25, -0.2) is 0 Å². The van der Waals surface area contributed by atoms with Gasteiger partial charge in [0, 0.05) is 12.1 Å². The first-order valence-electron chi connectivity index (χ1n) is 5.11.